The van der Waals surface area contributed by atoms with Crippen molar-refractivity contribution in [3.8, 4) is 11.1 Å². The number of hydrogen-bond donors (Lipinski definition) is 1. The molecule has 2 aliphatic rings. The summed E-state index contributed by atoms with van der Waals surface area (Å²) >= 11 is 0. The van der Waals surface area contributed by atoms with Crippen LogP contribution in [0.2, 0.25) is 0 Å². The van der Waals surface area contributed by atoms with Gasteiger partial charge in [-0.1, -0.05) is 0 Å². The SMILES string of the molecule is O=C(C[C@H]1CCN2C(=O)CC[C@H]2C1)Nc1ccc(-c2cc(F)cc(F)c2)cn1. The summed E-state index contributed by atoms with van der Waals surface area (Å²) in [6.07, 6.45) is 5.10. The van der Waals surface area contributed by atoms with Crippen molar-refractivity contribution in [1.29, 1.82) is 0 Å². The number of pyridine rings is 1. The molecule has 1 aromatic carbocycles. The first-order valence-electron chi connectivity index (χ1n) is 9.50. The summed E-state index contributed by atoms with van der Waals surface area (Å²) < 4.78 is 26.7. The Morgan fingerprint density at radius 2 is 1.93 bits per heavy atom. The lowest BCUT2D eigenvalue weighted by Crippen LogP contribution is -2.41. The molecule has 2 saturated heterocycles. The first-order chi connectivity index (χ1) is 13.5. The second-order valence-corrected chi connectivity index (χ2v) is 7.51. The van der Waals surface area contributed by atoms with Gasteiger partial charge in [0.1, 0.15) is 17.5 Å². The lowest BCUT2D eigenvalue weighted by Gasteiger charge is -2.34. The Bertz CT molecular complexity index is 881. The van der Waals surface area contributed by atoms with Crippen molar-refractivity contribution in [1.82, 2.24) is 9.88 Å². The Hall–Kier alpha value is -2.83. The fourth-order valence-corrected chi connectivity index (χ4v) is 4.17. The Morgan fingerprint density at radius 3 is 2.64 bits per heavy atom. The molecule has 2 aromatic rings. The van der Waals surface area contributed by atoms with Crippen LogP contribution in [0.3, 0.4) is 0 Å². The van der Waals surface area contributed by atoms with E-state index in [2.05, 4.69) is 10.3 Å². The lowest BCUT2D eigenvalue weighted by atomic mass is 9.88. The molecule has 1 N–H and O–H groups in total. The summed E-state index contributed by atoms with van der Waals surface area (Å²) in [6.45, 7) is 0.735. The number of aromatic nitrogens is 1. The fourth-order valence-electron chi connectivity index (χ4n) is 4.17. The molecule has 4 rings (SSSR count). The normalized spacial score (nSPS) is 21.5. The standard InChI is InChI=1S/C21H21F2N3O2/c22-16-9-15(10-17(23)11-16)14-1-3-19(24-12-14)25-20(27)8-13-5-6-26-18(7-13)2-4-21(26)28/h1,3,9-13,18H,2,4-8H2,(H,24,25,27)/t13-,18-/m0/s1. The van der Waals surface area contributed by atoms with Crippen LogP contribution in [0, 0.1) is 17.6 Å². The predicted molar refractivity (Wildman–Crippen MR) is 100 cm³/mol. The van der Waals surface area contributed by atoms with E-state index in [0.29, 0.717) is 29.8 Å². The van der Waals surface area contributed by atoms with E-state index in [1.165, 1.54) is 18.3 Å². The van der Waals surface area contributed by atoms with Crippen LogP contribution in [-0.2, 0) is 9.59 Å². The highest BCUT2D eigenvalue weighted by molar-refractivity contribution is 5.90. The van der Waals surface area contributed by atoms with Crippen molar-refractivity contribution in [2.75, 3.05) is 11.9 Å². The number of benzene rings is 1. The van der Waals surface area contributed by atoms with Crippen LogP contribution in [-0.4, -0.2) is 34.3 Å². The van der Waals surface area contributed by atoms with Gasteiger partial charge in [-0.25, -0.2) is 13.8 Å². The molecular weight excluding hydrogens is 364 g/mol. The number of amides is 2. The number of hydrogen-bond acceptors (Lipinski definition) is 3. The van der Waals surface area contributed by atoms with Gasteiger partial charge in [-0.3, -0.25) is 9.59 Å². The third kappa shape index (κ3) is 4.03. The number of rotatable bonds is 4. The van der Waals surface area contributed by atoms with E-state index in [4.69, 9.17) is 0 Å². The van der Waals surface area contributed by atoms with Crippen LogP contribution in [0.25, 0.3) is 11.1 Å². The van der Waals surface area contributed by atoms with Crippen LogP contribution in [0.15, 0.2) is 36.5 Å². The maximum atomic E-state index is 13.4. The molecule has 0 radical (unpaired) electrons. The molecule has 146 valence electrons. The Kier molecular flexibility index (Phi) is 5.07. The van der Waals surface area contributed by atoms with E-state index in [1.54, 1.807) is 12.1 Å². The molecule has 0 spiro atoms. The van der Waals surface area contributed by atoms with E-state index in [9.17, 15) is 18.4 Å². The van der Waals surface area contributed by atoms with E-state index in [0.717, 1.165) is 31.9 Å². The third-order valence-corrected chi connectivity index (χ3v) is 5.54. The smallest absolute Gasteiger partial charge is 0.225 e. The maximum Gasteiger partial charge on any atom is 0.225 e. The summed E-state index contributed by atoms with van der Waals surface area (Å²) in [7, 11) is 0. The molecule has 2 amide bonds. The van der Waals surface area contributed by atoms with Crippen LogP contribution < -0.4 is 5.32 Å². The molecular formula is C21H21F2N3O2. The molecule has 0 aliphatic carbocycles. The van der Waals surface area contributed by atoms with Gasteiger partial charge in [-0.15, -0.1) is 0 Å². The Balaban J connectivity index is 1.34. The predicted octanol–water partition coefficient (Wildman–Crippen LogP) is 3.76. The number of nitrogens with one attached hydrogen (secondary N) is 1. The number of halogens is 2. The van der Waals surface area contributed by atoms with Crippen LogP contribution in [0.1, 0.15) is 32.1 Å². The molecule has 2 fully saturated rings. The second-order valence-electron chi connectivity index (χ2n) is 7.51. The van der Waals surface area contributed by atoms with Crippen molar-refractivity contribution >= 4 is 17.6 Å². The Morgan fingerprint density at radius 1 is 1.14 bits per heavy atom. The highest BCUT2D eigenvalue weighted by Crippen LogP contribution is 2.32. The van der Waals surface area contributed by atoms with Gasteiger partial charge in [0.25, 0.3) is 0 Å². The first-order valence-corrected chi connectivity index (χ1v) is 9.50. The zero-order valence-corrected chi connectivity index (χ0v) is 15.3. The van der Waals surface area contributed by atoms with E-state index in [-0.39, 0.29) is 23.8 Å². The highest BCUT2D eigenvalue weighted by Gasteiger charge is 2.36. The summed E-state index contributed by atoms with van der Waals surface area (Å²) in [5.74, 6) is -0.513. The summed E-state index contributed by atoms with van der Waals surface area (Å²) in [6, 6.07) is 6.85. The summed E-state index contributed by atoms with van der Waals surface area (Å²) in [5.41, 5.74) is 0.954. The number of anilines is 1. The molecule has 7 heteroatoms. The number of fused-ring (bicyclic) bond motifs is 1. The lowest BCUT2D eigenvalue weighted by molar-refractivity contribution is -0.130. The molecule has 2 atom stereocenters. The summed E-state index contributed by atoms with van der Waals surface area (Å²) in [4.78, 5) is 30.2. The van der Waals surface area contributed by atoms with Gasteiger partial charge < -0.3 is 10.2 Å². The van der Waals surface area contributed by atoms with E-state index < -0.39 is 11.6 Å². The fraction of sp³-hybridized carbons (Fsp3) is 0.381. The first kappa shape index (κ1) is 18.5. The van der Waals surface area contributed by atoms with Gasteiger partial charge >= 0.3 is 0 Å². The average Bonchev–Trinajstić information content (AvgIpc) is 3.02. The van der Waals surface area contributed by atoms with Gasteiger partial charge in [0.15, 0.2) is 0 Å². The quantitative estimate of drug-likeness (QED) is 0.872. The van der Waals surface area contributed by atoms with Crippen molar-refractivity contribution in [3.63, 3.8) is 0 Å². The number of piperidine rings is 1. The van der Waals surface area contributed by atoms with Gasteiger partial charge in [0, 0.05) is 43.3 Å². The molecule has 28 heavy (non-hydrogen) atoms. The molecule has 3 heterocycles. The molecule has 2 aliphatic heterocycles. The number of carbonyl (C=O) groups is 2. The topological polar surface area (TPSA) is 62.3 Å². The zero-order valence-electron chi connectivity index (χ0n) is 15.3. The van der Waals surface area contributed by atoms with Crippen molar-refractivity contribution in [2.45, 2.75) is 38.1 Å². The van der Waals surface area contributed by atoms with E-state index in [1.807, 2.05) is 4.90 Å². The van der Waals surface area contributed by atoms with Gasteiger partial charge in [-0.2, -0.15) is 0 Å². The highest BCUT2D eigenvalue weighted by atomic mass is 19.1. The molecule has 1 aromatic heterocycles. The van der Waals surface area contributed by atoms with Crippen LogP contribution >= 0.6 is 0 Å². The largest absolute Gasteiger partial charge is 0.340 e. The van der Waals surface area contributed by atoms with Crippen LogP contribution in [0.5, 0.6) is 0 Å². The van der Waals surface area contributed by atoms with Crippen molar-refractivity contribution < 1.29 is 18.4 Å². The molecule has 0 bridgehead atoms. The van der Waals surface area contributed by atoms with E-state index >= 15 is 0 Å². The molecule has 0 saturated carbocycles. The second kappa shape index (κ2) is 7.66. The minimum absolute atomic E-state index is 0.111. The van der Waals surface area contributed by atoms with Crippen molar-refractivity contribution in [2.24, 2.45) is 5.92 Å². The number of nitrogens with zero attached hydrogens (tertiary/aromatic N) is 2. The summed E-state index contributed by atoms with van der Waals surface area (Å²) in [5, 5.41) is 2.78. The molecule has 5 nitrogen and oxygen atoms in total. The monoisotopic (exact) mass is 385 g/mol. The molecule has 0 unspecified atom stereocenters. The zero-order chi connectivity index (χ0) is 19.7. The van der Waals surface area contributed by atoms with Gasteiger partial charge in [0.05, 0.1) is 0 Å². The average molecular weight is 385 g/mol. The van der Waals surface area contributed by atoms with Gasteiger partial charge in [-0.05, 0) is 55.0 Å². The van der Waals surface area contributed by atoms with Gasteiger partial charge in [0.2, 0.25) is 11.8 Å². The third-order valence-electron chi connectivity index (χ3n) is 5.54. The van der Waals surface area contributed by atoms with Crippen molar-refractivity contribution in [3.05, 3.63) is 48.2 Å². The minimum Gasteiger partial charge on any atom is -0.340 e. The maximum absolute atomic E-state index is 13.4. The minimum atomic E-state index is -0.651. The Labute approximate surface area is 161 Å². The number of carbonyl (C=O) groups excluding carboxylic acids is 2. The van der Waals surface area contributed by atoms with Crippen LogP contribution in [0.4, 0.5) is 14.6 Å².